The van der Waals surface area contributed by atoms with E-state index in [1.165, 1.54) is 18.2 Å². The molecule has 0 radical (unpaired) electrons. The van der Waals surface area contributed by atoms with Crippen molar-refractivity contribution in [1.29, 1.82) is 5.26 Å². The van der Waals surface area contributed by atoms with Crippen molar-refractivity contribution in [2.45, 2.75) is 6.54 Å². The second-order valence-corrected chi connectivity index (χ2v) is 5.39. The maximum absolute atomic E-state index is 10.9. The molecule has 116 valence electrons. The molecule has 0 spiro atoms. The number of hydrogen-bond donors (Lipinski definition) is 0. The molecule has 0 fully saturated rings. The van der Waals surface area contributed by atoms with Crippen LogP contribution >= 0.6 is 11.6 Å². The highest BCUT2D eigenvalue weighted by molar-refractivity contribution is 6.30. The van der Waals surface area contributed by atoms with Gasteiger partial charge in [-0.3, -0.25) is 10.1 Å². The first-order valence-corrected chi connectivity index (χ1v) is 7.19. The lowest BCUT2D eigenvalue weighted by molar-refractivity contribution is -0.384. The summed E-state index contributed by atoms with van der Waals surface area (Å²) in [6, 6.07) is 15.6. The lowest BCUT2D eigenvalue weighted by Gasteiger charge is -2.22. The molecule has 0 aliphatic carbocycles. The number of nitriles is 1. The smallest absolute Gasteiger partial charge is 0.270 e. The summed E-state index contributed by atoms with van der Waals surface area (Å²) in [6.45, 7) is 0.525. The fraction of sp³-hybridized carbons (Fsp3) is 0.118. The van der Waals surface area contributed by atoms with Gasteiger partial charge < -0.3 is 4.90 Å². The first-order chi connectivity index (χ1) is 11.0. The van der Waals surface area contributed by atoms with Crippen molar-refractivity contribution in [3.63, 3.8) is 0 Å². The molecule has 5 nitrogen and oxygen atoms in total. The van der Waals surface area contributed by atoms with Crippen molar-refractivity contribution >= 4 is 23.0 Å². The molecule has 0 aliphatic heterocycles. The van der Waals surface area contributed by atoms with E-state index in [9.17, 15) is 10.1 Å². The number of rotatable bonds is 5. The van der Waals surface area contributed by atoms with Gasteiger partial charge in [0.1, 0.15) is 0 Å². The van der Waals surface area contributed by atoms with Gasteiger partial charge in [-0.25, -0.2) is 0 Å². The largest absolute Gasteiger partial charge is 0.369 e. The molecule has 0 N–H and O–H groups in total. The minimum Gasteiger partial charge on any atom is -0.369 e. The zero-order chi connectivity index (χ0) is 16.8. The summed E-state index contributed by atoms with van der Waals surface area (Å²) < 4.78 is 0. The van der Waals surface area contributed by atoms with Gasteiger partial charge in [-0.1, -0.05) is 35.9 Å². The molecule has 2 aromatic carbocycles. The minimum absolute atomic E-state index is 0.0116. The predicted octanol–water partition coefficient (Wildman–Crippen LogP) is 4.24. The van der Waals surface area contributed by atoms with Crippen LogP contribution in [0.2, 0.25) is 5.02 Å². The third-order valence-corrected chi connectivity index (χ3v) is 3.51. The molecule has 0 saturated carbocycles. The number of allylic oxidation sites excluding steroid dienone is 1. The predicted molar refractivity (Wildman–Crippen MR) is 89.6 cm³/mol. The molecule has 0 atom stereocenters. The molecule has 0 bridgehead atoms. The molecule has 0 amide bonds. The monoisotopic (exact) mass is 327 g/mol. The van der Waals surface area contributed by atoms with E-state index < -0.39 is 4.92 Å². The molecule has 6 heteroatoms. The van der Waals surface area contributed by atoms with Gasteiger partial charge >= 0.3 is 0 Å². The minimum atomic E-state index is -0.454. The summed E-state index contributed by atoms with van der Waals surface area (Å²) in [4.78, 5) is 12.3. The Morgan fingerprint density at radius 2 is 2.09 bits per heavy atom. The van der Waals surface area contributed by atoms with Crippen molar-refractivity contribution in [3.8, 4) is 6.07 Å². The number of nitro groups is 1. The van der Waals surface area contributed by atoms with Crippen LogP contribution in [0.5, 0.6) is 0 Å². The standard InChI is InChI=1S/C17H14ClN3O2/c1-20(12-13-4-2-6-15(18)10-13)17(8-9-19)14-5-3-7-16(11-14)21(22)23/h2-8,10-11H,12H2,1H3. The Labute approximate surface area is 139 Å². The zero-order valence-corrected chi connectivity index (χ0v) is 13.2. The third kappa shape index (κ3) is 4.31. The molecule has 23 heavy (non-hydrogen) atoms. The SMILES string of the molecule is CN(Cc1cccc(Cl)c1)C(=CC#N)c1cccc([N+](=O)[O-])c1. The molecule has 0 aliphatic rings. The van der Waals surface area contributed by atoms with E-state index in [1.807, 2.05) is 36.2 Å². The Morgan fingerprint density at radius 3 is 2.74 bits per heavy atom. The van der Waals surface area contributed by atoms with Gasteiger partial charge in [0.2, 0.25) is 0 Å². The van der Waals surface area contributed by atoms with Crippen molar-refractivity contribution in [3.05, 3.63) is 80.9 Å². The lowest BCUT2D eigenvalue weighted by atomic mass is 10.1. The highest BCUT2D eigenvalue weighted by atomic mass is 35.5. The van der Waals surface area contributed by atoms with E-state index in [0.29, 0.717) is 22.8 Å². The van der Waals surface area contributed by atoms with Crippen LogP contribution in [0.4, 0.5) is 5.69 Å². The number of nitro benzene ring substituents is 1. The highest BCUT2D eigenvalue weighted by Gasteiger charge is 2.13. The highest BCUT2D eigenvalue weighted by Crippen LogP contribution is 2.24. The Hall–Kier alpha value is -2.84. The summed E-state index contributed by atoms with van der Waals surface area (Å²) in [5.74, 6) is 0. The Bertz CT molecular complexity index is 796. The van der Waals surface area contributed by atoms with Crippen LogP contribution in [0.1, 0.15) is 11.1 Å². The van der Waals surface area contributed by atoms with Crippen LogP contribution < -0.4 is 0 Å². The van der Waals surface area contributed by atoms with Gasteiger partial charge in [0.25, 0.3) is 5.69 Å². The van der Waals surface area contributed by atoms with Crippen molar-refractivity contribution in [1.82, 2.24) is 4.90 Å². The summed E-state index contributed by atoms with van der Waals surface area (Å²) in [5, 5.41) is 20.6. The first-order valence-electron chi connectivity index (χ1n) is 6.81. The van der Waals surface area contributed by atoms with E-state index >= 15 is 0 Å². The second-order valence-electron chi connectivity index (χ2n) is 4.95. The topological polar surface area (TPSA) is 70.2 Å². The number of benzene rings is 2. The van der Waals surface area contributed by atoms with E-state index in [0.717, 1.165) is 5.56 Å². The van der Waals surface area contributed by atoms with E-state index in [-0.39, 0.29) is 5.69 Å². The molecule has 2 rings (SSSR count). The number of nitrogens with zero attached hydrogens (tertiary/aromatic N) is 3. The van der Waals surface area contributed by atoms with Crippen LogP contribution in [0.15, 0.2) is 54.6 Å². The van der Waals surface area contributed by atoms with Gasteiger partial charge in [-0.05, 0) is 17.7 Å². The molecule has 0 saturated heterocycles. The van der Waals surface area contributed by atoms with Gasteiger partial charge in [-0.2, -0.15) is 5.26 Å². The average molecular weight is 328 g/mol. The lowest BCUT2D eigenvalue weighted by Crippen LogP contribution is -2.16. The van der Waals surface area contributed by atoms with Crippen LogP contribution in [-0.4, -0.2) is 16.9 Å². The molecular formula is C17H14ClN3O2. The third-order valence-electron chi connectivity index (χ3n) is 3.27. The molecule has 0 heterocycles. The van der Waals surface area contributed by atoms with Gasteiger partial charge in [0.05, 0.1) is 16.7 Å². The average Bonchev–Trinajstić information content (AvgIpc) is 2.52. The van der Waals surface area contributed by atoms with Gasteiger partial charge in [0.15, 0.2) is 0 Å². The van der Waals surface area contributed by atoms with Crippen LogP contribution in [0.25, 0.3) is 5.70 Å². The number of hydrogen-bond acceptors (Lipinski definition) is 4. The van der Waals surface area contributed by atoms with Crippen molar-refractivity contribution in [2.75, 3.05) is 7.05 Å². The van der Waals surface area contributed by atoms with Crippen molar-refractivity contribution in [2.24, 2.45) is 0 Å². The molecule has 0 unspecified atom stereocenters. The summed E-state index contributed by atoms with van der Waals surface area (Å²) in [7, 11) is 1.82. The Balaban J connectivity index is 2.31. The maximum atomic E-state index is 10.9. The zero-order valence-electron chi connectivity index (χ0n) is 12.4. The Kier molecular flexibility index (Phi) is 5.34. The van der Waals surface area contributed by atoms with Crippen LogP contribution in [0.3, 0.4) is 0 Å². The van der Waals surface area contributed by atoms with E-state index in [4.69, 9.17) is 16.9 Å². The van der Waals surface area contributed by atoms with E-state index in [1.54, 1.807) is 18.2 Å². The fourth-order valence-electron chi connectivity index (χ4n) is 2.25. The first kappa shape index (κ1) is 16.5. The van der Waals surface area contributed by atoms with Crippen molar-refractivity contribution < 1.29 is 4.92 Å². The van der Waals surface area contributed by atoms with Crippen LogP contribution in [-0.2, 0) is 6.54 Å². The summed E-state index contributed by atoms with van der Waals surface area (Å²) in [5.41, 5.74) is 2.19. The Morgan fingerprint density at radius 1 is 1.35 bits per heavy atom. The summed E-state index contributed by atoms with van der Waals surface area (Å²) in [6.07, 6.45) is 1.38. The van der Waals surface area contributed by atoms with Gasteiger partial charge in [-0.15, -0.1) is 0 Å². The summed E-state index contributed by atoms with van der Waals surface area (Å²) >= 11 is 5.98. The molecule has 0 aromatic heterocycles. The number of halogens is 1. The van der Waals surface area contributed by atoms with Gasteiger partial charge in [0, 0.05) is 42.4 Å². The second kappa shape index (κ2) is 7.43. The quantitative estimate of drug-likeness (QED) is 0.467. The molecule has 2 aromatic rings. The number of non-ortho nitro benzene ring substituents is 1. The normalized spacial score (nSPS) is 10.9. The molecular weight excluding hydrogens is 314 g/mol. The fourth-order valence-corrected chi connectivity index (χ4v) is 2.46. The maximum Gasteiger partial charge on any atom is 0.270 e. The van der Waals surface area contributed by atoms with Crippen LogP contribution in [0, 0.1) is 21.4 Å². The van der Waals surface area contributed by atoms with E-state index in [2.05, 4.69) is 0 Å².